The van der Waals surface area contributed by atoms with Crippen molar-refractivity contribution in [3.63, 3.8) is 0 Å². The molecular weight excluding hydrogens is 376 g/mol. The number of piperidine rings is 1. The van der Waals surface area contributed by atoms with Gasteiger partial charge >= 0.3 is 0 Å². The smallest absolute Gasteiger partial charge is 0.233 e. The Balaban J connectivity index is 1.34. The Labute approximate surface area is 169 Å². The summed E-state index contributed by atoms with van der Waals surface area (Å²) in [5, 5.41) is 9.26. The highest BCUT2D eigenvalue weighted by molar-refractivity contribution is 7.99. The highest BCUT2D eigenvalue weighted by atomic mass is 32.2. The van der Waals surface area contributed by atoms with Gasteiger partial charge in [-0.25, -0.2) is 0 Å². The second-order valence-electron chi connectivity index (χ2n) is 7.24. The van der Waals surface area contributed by atoms with Crippen LogP contribution in [0.25, 0.3) is 0 Å². The molecule has 2 aliphatic heterocycles. The maximum absolute atomic E-state index is 12.8. The molecule has 3 heterocycles. The zero-order chi connectivity index (χ0) is 19.3. The molecule has 1 aromatic heterocycles. The second-order valence-corrected chi connectivity index (χ2v) is 8.18. The van der Waals surface area contributed by atoms with E-state index in [1.165, 1.54) is 17.3 Å². The Hall–Kier alpha value is -1.90. The first kappa shape index (κ1) is 19.4. The highest BCUT2D eigenvalue weighted by Crippen LogP contribution is 2.26. The van der Waals surface area contributed by atoms with Gasteiger partial charge in [-0.15, -0.1) is 10.2 Å². The predicted octanol–water partition coefficient (Wildman–Crippen LogP) is 2.34. The highest BCUT2D eigenvalue weighted by Gasteiger charge is 2.32. The van der Waals surface area contributed by atoms with E-state index in [-0.39, 0.29) is 18.1 Å². The summed E-state index contributed by atoms with van der Waals surface area (Å²) >= 11 is 1.46. The number of aromatic nitrogens is 3. The van der Waals surface area contributed by atoms with Gasteiger partial charge in [0.25, 0.3) is 0 Å². The lowest BCUT2D eigenvalue weighted by atomic mass is 9.97. The lowest BCUT2D eigenvalue weighted by Gasteiger charge is -2.34. The number of carbonyl (C=O) groups excluding carboxylic acids is 1. The fraction of sp³-hybridized carbons (Fsp3) is 0.550. The minimum Gasteiger partial charge on any atom is -0.350 e. The van der Waals surface area contributed by atoms with E-state index in [4.69, 9.17) is 9.47 Å². The summed E-state index contributed by atoms with van der Waals surface area (Å²) in [6, 6.07) is 10.2. The Morgan fingerprint density at radius 2 is 2.00 bits per heavy atom. The van der Waals surface area contributed by atoms with Crippen LogP contribution >= 0.6 is 11.8 Å². The molecule has 0 spiro atoms. The maximum Gasteiger partial charge on any atom is 0.233 e. The molecule has 1 aromatic carbocycles. The second kappa shape index (κ2) is 9.07. The van der Waals surface area contributed by atoms with Gasteiger partial charge in [0.05, 0.1) is 25.5 Å². The number of ether oxygens (including phenoxy) is 2. The standard InChI is InChI=1S/C20H26N4O3S/c1-15-21-22-20(24(15)12-16-6-3-2-4-7-16)28-14-18(25)23-9-5-8-17(13-23)19-26-10-11-27-19/h2-4,6-7,17,19H,5,8-14H2,1H3. The van der Waals surface area contributed by atoms with Crippen molar-refractivity contribution in [2.75, 3.05) is 32.1 Å². The van der Waals surface area contributed by atoms with E-state index in [0.29, 0.717) is 32.1 Å². The first-order valence-electron chi connectivity index (χ1n) is 9.78. The van der Waals surface area contributed by atoms with Gasteiger partial charge in [0.2, 0.25) is 5.91 Å². The number of hydrogen-bond donors (Lipinski definition) is 0. The zero-order valence-corrected chi connectivity index (χ0v) is 16.9. The molecule has 150 valence electrons. The molecule has 0 bridgehead atoms. The first-order valence-corrected chi connectivity index (χ1v) is 10.8. The number of thioether (sulfide) groups is 1. The molecular formula is C20H26N4O3S. The molecule has 1 atom stereocenters. The summed E-state index contributed by atoms with van der Waals surface area (Å²) in [4.78, 5) is 14.7. The fourth-order valence-corrected chi connectivity index (χ4v) is 4.63. The van der Waals surface area contributed by atoms with Crippen LogP contribution < -0.4 is 0 Å². The van der Waals surface area contributed by atoms with Gasteiger partial charge in [0.15, 0.2) is 11.4 Å². The van der Waals surface area contributed by atoms with Crippen LogP contribution in [0.5, 0.6) is 0 Å². The number of hydrogen-bond acceptors (Lipinski definition) is 6. The Morgan fingerprint density at radius 3 is 2.79 bits per heavy atom. The van der Waals surface area contributed by atoms with Crippen molar-refractivity contribution in [1.82, 2.24) is 19.7 Å². The van der Waals surface area contributed by atoms with Crippen molar-refractivity contribution in [2.24, 2.45) is 5.92 Å². The van der Waals surface area contributed by atoms with E-state index in [1.54, 1.807) is 0 Å². The molecule has 1 amide bonds. The van der Waals surface area contributed by atoms with E-state index in [1.807, 2.05) is 30.0 Å². The number of likely N-dealkylation sites (tertiary alicyclic amines) is 1. The lowest BCUT2D eigenvalue weighted by Crippen LogP contribution is -2.44. The summed E-state index contributed by atoms with van der Waals surface area (Å²) in [7, 11) is 0. The topological polar surface area (TPSA) is 69.5 Å². The summed E-state index contributed by atoms with van der Waals surface area (Å²) in [5.41, 5.74) is 1.19. The van der Waals surface area contributed by atoms with Crippen LogP contribution in [0.15, 0.2) is 35.5 Å². The van der Waals surface area contributed by atoms with Crippen LogP contribution in [0.1, 0.15) is 24.2 Å². The van der Waals surface area contributed by atoms with E-state index in [2.05, 4.69) is 26.9 Å². The quantitative estimate of drug-likeness (QED) is 0.691. The van der Waals surface area contributed by atoms with Gasteiger partial charge in [0, 0.05) is 19.0 Å². The van der Waals surface area contributed by atoms with Gasteiger partial charge in [-0.05, 0) is 25.3 Å². The number of aryl methyl sites for hydroxylation is 1. The molecule has 2 aromatic rings. The molecule has 0 saturated carbocycles. The predicted molar refractivity (Wildman–Crippen MR) is 106 cm³/mol. The first-order chi connectivity index (χ1) is 13.7. The minimum absolute atomic E-state index is 0.139. The normalized spacial score (nSPS) is 20.6. The number of benzene rings is 1. The molecule has 7 nitrogen and oxygen atoms in total. The van der Waals surface area contributed by atoms with Gasteiger partial charge in [-0.3, -0.25) is 4.79 Å². The average molecular weight is 403 g/mol. The fourth-order valence-electron chi connectivity index (χ4n) is 3.74. The number of rotatable bonds is 6. The van der Waals surface area contributed by atoms with Gasteiger partial charge < -0.3 is 18.9 Å². The summed E-state index contributed by atoms with van der Waals surface area (Å²) in [6.45, 7) is 5.47. The Morgan fingerprint density at radius 1 is 1.21 bits per heavy atom. The molecule has 0 N–H and O–H groups in total. The molecule has 2 saturated heterocycles. The van der Waals surface area contributed by atoms with Crippen molar-refractivity contribution < 1.29 is 14.3 Å². The van der Waals surface area contributed by atoms with Gasteiger partial charge in [-0.2, -0.15) is 0 Å². The molecule has 2 aliphatic rings. The molecule has 2 fully saturated rings. The van der Waals surface area contributed by atoms with E-state index < -0.39 is 0 Å². The summed E-state index contributed by atoms with van der Waals surface area (Å²) in [6.07, 6.45) is 1.89. The molecule has 28 heavy (non-hydrogen) atoms. The van der Waals surface area contributed by atoms with E-state index in [9.17, 15) is 4.79 Å². The van der Waals surface area contributed by atoms with Crippen LogP contribution in [0, 0.1) is 12.8 Å². The van der Waals surface area contributed by atoms with Crippen LogP contribution in [-0.4, -0.2) is 63.9 Å². The third-order valence-electron chi connectivity index (χ3n) is 5.25. The molecule has 8 heteroatoms. The molecule has 4 rings (SSSR count). The molecule has 1 unspecified atom stereocenters. The van der Waals surface area contributed by atoms with Gasteiger partial charge in [0.1, 0.15) is 5.82 Å². The van der Waals surface area contributed by atoms with Crippen molar-refractivity contribution in [1.29, 1.82) is 0 Å². The summed E-state index contributed by atoms with van der Waals surface area (Å²) < 4.78 is 13.3. The molecule has 0 aliphatic carbocycles. The zero-order valence-electron chi connectivity index (χ0n) is 16.1. The third-order valence-corrected chi connectivity index (χ3v) is 6.20. The largest absolute Gasteiger partial charge is 0.350 e. The van der Waals surface area contributed by atoms with E-state index in [0.717, 1.165) is 30.4 Å². The van der Waals surface area contributed by atoms with E-state index >= 15 is 0 Å². The van der Waals surface area contributed by atoms with Crippen molar-refractivity contribution >= 4 is 17.7 Å². The lowest BCUT2D eigenvalue weighted by molar-refractivity contribution is -0.136. The Bertz CT molecular complexity index is 792. The monoisotopic (exact) mass is 402 g/mol. The maximum atomic E-state index is 12.8. The average Bonchev–Trinajstić information content (AvgIpc) is 3.38. The number of nitrogens with zero attached hydrogens (tertiary/aromatic N) is 4. The number of amides is 1. The third kappa shape index (κ3) is 4.56. The van der Waals surface area contributed by atoms with Crippen molar-refractivity contribution in [3.05, 3.63) is 41.7 Å². The summed E-state index contributed by atoms with van der Waals surface area (Å²) in [5.74, 6) is 1.63. The minimum atomic E-state index is -0.153. The van der Waals surface area contributed by atoms with Crippen LogP contribution in [0.2, 0.25) is 0 Å². The number of carbonyl (C=O) groups is 1. The van der Waals surface area contributed by atoms with Crippen molar-refractivity contribution in [3.8, 4) is 0 Å². The van der Waals surface area contributed by atoms with Gasteiger partial charge in [-0.1, -0.05) is 42.1 Å². The van der Waals surface area contributed by atoms with Crippen molar-refractivity contribution in [2.45, 2.75) is 37.8 Å². The van der Waals surface area contributed by atoms with Crippen LogP contribution in [0.3, 0.4) is 0 Å². The SMILES string of the molecule is Cc1nnc(SCC(=O)N2CCCC(C3OCCO3)C2)n1Cc1ccccc1. The Kier molecular flexibility index (Phi) is 6.29. The molecule has 0 radical (unpaired) electrons. The van der Waals surface area contributed by atoms with Crippen LogP contribution in [-0.2, 0) is 20.8 Å². The van der Waals surface area contributed by atoms with Crippen LogP contribution in [0.4, 0.5) is 0 Å².